The van der Waals surface area contributed by atoms with Gasteiger partial charge in [0.05, 0.1) is 43.5 Å². The summed E-state index contributed by atoms with van der Waals surface area (Å²) >= 11 is 0. The summed E-state index contributed by atoms with van der Waals surface area (Å²) in [5.74, 6) is 1.87. The van der Waals surface area contributed by atoms with Crippen LogP contribution in [0, 0.1) is 6.92 Å². The predicted octanol–water partition coefficient (Wildman–Crippen LogP) is 2.83. The van der Waals surface area contributed by atoms with Gasteiger partial charge in [0.2, 0.25) is 0 Å². The summed E-state index contributed by atoms with van der Waals surface area (Å²) in [5.41, 5.74) is 3.25. The highest BCUT2D eigenvalue weighted by atomic mass is 16.5. The van der Waals surface area contributed by atoms with Crippen molar-refractivity contribution in [3.8, 4) is 11.4 Å². The molecular formula is C22H26N4O3. The van der Waals surface area contributed by atoms with Crippen LogP contribution < -0.4 is 4.90 Å². The molecule has 2 atom stereocenters. The van der Waals surface area contributed by atoms with Gasteiger partial charge in [0, 0.05) is 38.0 Å². The van der Waals surface area contributed by atoms with Gasteiger partial charge in [-0.25, -0.2) is 9.97 Å². The van der Waals surface area contributed by atoms with Crippen LogP contribution in [0.15, 0.2) is 36.7 Å². The molecule has 2 aliphatic heterocycles. The topological polar surface area (TPSA) is 61.6 Å². The lowest BCUT2D eigenvalue weighted by Crippen LogP contribution is -2.37. The van der Waals surface area contributed by atoms with E-state index < -0.39 is 0 Å². The summed E-state index contributed by atoms with van der Waals surface area (Å²) in [7, 11) is 1.74. The van der Waals surface area contributed by atoms with E-state index in [2.05, 4.69) is 40.7 Å². The summed E-state index contributed by atoms with van der Waals surface area (Å²) in [6, 6.07) is 8.71. The first-order chi connectivity index (χ1) is 14.2. The smallest absolute Gasteiger partial charge is 0.144 e. The van der Waals surface area contributed by atoms with Crippen molar-refractivity contribution in [1.82, 2.24) is 14.5 Å². The average molecular weight is 394 g/mol. The second-order valence-electron chi connectivity index (χ2n) is 7.69. The molecule has 7 nitrogen and oxygen atoms in total. The number of imidazole rings is 1. The van der Waals surface area contributed by atoms with Crippen LogP contribution in [0.2, 0.25) is 0 Å². The zero-order chi connectivity index (χ0) is 19.8. The molecule has 0 unspecified atom stereocenters. The molecule has 0 spiro atoms. The van der Waals surface area contributed by atoms with E-state index in [9.17, 15) is 0 Å². The largest absolute Gasteiger partial charge is 0.378 e. The quantitative estimate of drug-likeness (QED) is 0.678. The van der Waals surface area contributed by atoms with Crippen molar-refractivity contribution >= 4 is 16.7 Å². The number of nitrogens with zero attached hydrogens (tertiary/aromatic N) is 4. The molecule has 29 heavy (non-hydrogen) atoms. The SMILES string of the molecule is CO[C@H]1COC[C@H]1n1ccnc1-c1cc2ccc(C)cc2nc1N1CCOCC1. The molecule has 0 radical (unpaired) electrons. The number of fused-ring (bicyclic) bond motifs is 1. The molecule has 7 heteroatoms. The van der Waals surface area contributed by atoms with Crippen molar-refractivity contribution in [3.63, 3.8) is 0 Å². The molecule has 0 amide bonds. The van der Waals surface area contributed by atoms with E-state index in [1.807, 2.05) is 12.4 Å². The van der Waals surface area contributed by atoms with E-state index in [1.165, 1.54) is 5.56 Å². The van der Waals surface area contributed by atoms with Crippen molar-refractivity contribution in [2.24, 2.45) is 0 Å². The highest BCUT2D eigenvalue weighted by molar-refractivity contribution is 5.88. The number of morpholine rings is 1. The fourth-order valence-corrected chi connectivity index (χ4v) is 4.24. The van der Waals surface area contributed by atoms with Crippen LogP contribution in [-0.4, -0.2) is 67.3 Å². The Morgan fingerprint density at radius 3 is 2.79 bits per heavy atom. The summed E-state index contributed by atoms with van der Waals surface area (Å²) in [6.45, 7) is 6.39. The summed E-state index contributed by atoms with van der Waals surface area (Å²) < 4.78 is 19.1. The van der Waals surface area contributed by atoms with E-state index in [0.29, 0.717) is 26.4 Å². The van der Waals surface area contributed by atoms with E-state index in [-0.39, 0.29) is 12.1 Å². The maximum Gasteiger partial charge on any atom is 0.144 e. The van der Waals surface area contributed by atoms with Gasteiger partial charge >= 0.3 is 0 Å². The molecule has 2 saturated heterocycles. The number of hydrogen-bond donors (Lipinski definition) is 0. The zero-order valence-corrected chi connectivity index (χ0v) is 16.9. The van der Waals surface area contributed by atoms with Crippen LogP contribution in [0.4, 0.5) is 5.82 Å². The molecule has 0 aliphatic carbocycles. The van der Waals surface area contributed by atoms with Gasteiger partial charge in [0.25, 0.3) is 0 Å². The molecule has 0 N–H and O–H groups in total. The molecule has 2 aromatic heterocycles. The number of ether oxygens (including phenoxy) is 3. The third-order valence-electron chi connectivity index (χ3n) is 5.83. The molecule has 152 valence electrons. The van der Waals surface area contributed by atoms with Crippen molar-refractivity contribution in [3.05, 3.63) is 42.2 Å². The number of pyridine rings is 1. The standard InChI is InChI=1S/C22H26N4O3/c1-15-3-4-16-12-17(22(24-18(16)11-15)25-7-9-28-10-8-25)21-23-5-6-26(21)19-13-29-14-20(19)27-2/h3-6,11-12,19-20H,7-10,13-14H2,1-2H3/t19-,20+/m1/s1. The molecule has 0 bridgehead atoms. The Kier molecular flexibility index (Phi) is 4.95. The van der Waals surface area contributed by atoms with Crippen molar-refractivity contribution in [2.75, 3.05) is 51.5 Å². The van der Waals surface area contributed by atoms with E-state index >= 15 is 0 Å². The second kappa shape index (κ2) is 7.74. The van der Waals surface area contributed by atoms with Crippen LogP contribution in [0.25, 0.3) is 22.3 Å². The van der Waals surface area contributed by atoms with Crippen LogP contribution in [0.5, 0.6) is 0 Å². The molecule has 3 aromatic rings. The van der Waals surface area contributed by atoms with E-state index in [1.54, 1.807) is 7.11 Å². The van der Waals surface area contributed by atoms with Crippen molar-refractivity contribution < 1.29 is 14.2 Å². The zero-order valence-electron chi connectivity index (χ0n) is 16.9. The Hall–Kier alpha value is -2.48. The third-order valence-corrected chi connectivity index (χ3v) is 5.83. The minimum Gasteiger partial charge on any atom is -0.378 e. The number of benzene rings is 1. The Bertz CT molecular complexity index is 1010. The maximum absolute atomic E-state index is 5.69. The lowest BCUT2D eigenvalue weighted by molar-refractivity contribution is 0.0688. The first-order valence-electron chi connectivity index (χ1n) is 10.1. The van der Waals surface area contributed by atoms with Crippen LogP contribution in [0.1, 0.15) is 11.6 Å². The van der Waals surface area contributed by atoms with Gasteiger partial charge in [0.1, 0.15) is 17.7 Å². The second-order valence-corrected chi connectivity index (χ2v) is 7.69. The number of aryl methyl sites for hydroxylation is 1. The summed E-state index contributed by atoms with van der Waals surface area (Å²) in [4.78, 5) is 12.1. The molecule has 1 aromatic carbocycles. The fraction of sp³-hybridized carbons (Fsp3) is 0.455. The number of aromatic nitrogens is 3. The van der Waals surface area contributed by atoms with Crippen LogP contribution in [0.3, 0.4) is 0 Å². The maximum atomic E-state index is 5.69. The normalized spacial score (nSPS) is 22.5. The summed E-state index contributed by atoms with van der Waals surface area (Å²) in [6.07, 6.45) is 3.89. The number of hydrogen-bond acceptors (Lipinski definition) is 6. The van der Waals surface area contributed by atoms with Crippen molar-refractivity contribution in [1.29, 1.82) is 0 Å². The molecule has 4 heterocycles. The van der Waals surface area contributed by atoms with Gasteiger partial charge in [-0.15, -0.1) is 0 Å². The molecule has 0 saturated carbocycles. The lowest BCUT2D eigenvalue weighted by atomic mass is 10.1. The van der Waals surface area contributed by atoms with E-state index in [0.717, 1.165) is 41.2 Å². The van der Waals surface area contributed by atoms with Crippen LogP contribution in [-0.2, 0) is 14.2 Å². The third kappa shape index (κ3) is 3.39. The predicted molar refractivity (Wildman–Crippen MR) is 111 cm³/mol. The van der Waals surface area contributed by atoms with Crippen LogP contribution >= 0.6 is 0 Å². The first kappa shape index (κ1) is 18.5. The Morgan fingerprint density at radius 1 is 1.10 bits per heavy atom. The monoisotopic (exact) mass is 394 g/mol. The van der Waals surface area contributed by atoms with Gasteiger partial charge in [-0.3, -0.25) is 0 Å². The molecule has 2 fully saturated rings. The Labute approximate surface area is 170 Å². The van der Waals surface area contributed by atoms with E-state index in [4.69, 9.17) is 24.2 Å². The highest BCUT2D eigenvalue weighted by Gasteiger charge is 2.32. The summed E-state index contributed by atoms with van der Waals surface area (Å²) in [5, 5.41) is 1.11. The Balaban J connectivity index is 1.66. The lowest BCUT2D eigenvalue weighted by Gasteiger charge is -2.30. The molecule has 5 rings (SSSR count). The minimum absolute atomic E-state index is 0.0193. The highest BCUT2D eigenvalue weighted by Crippen LogP contribution is 2.35. The van der Waals surface area contributed by atoms with Crippen molar-refractivity contribution in [2.45, 2.75) is 19.1 Å². The number of anilines is 1. The fourth-order valence-electron chi connectivity index (χ4n) is 4.24. The Morgan fingerprint density at radius 2 is 1.97 bits per heavy atom. The van der Waals surface area contributed by atoms with Gasteiger partial charge in [-0.05, 0) is 24.6 Å². The van der Waals surface area contributed by atoms with Gasteiger partial charge < -0.3 is 23.7 Å². The van der Waals surface area contributed by atoms with Gasteiger partial charge in [0.15, 0.2) is 0 Å². The molecular weight excluding hydrogens is 368 g/mol. The first-order valence-corrected chi connectivity index (χ1v) is 10.1. The number of rotatable bonds is 4. The number of methoxy groups -OCH3 is 1. The molecule has 2 aliphatic rings. The van der Waals surface area contributed by atoms with Gasteiger partial charge in [-0.1, -0.05) is 12.1 Å². The average Bonchev–Trinajstić information content (AvgIpc) is 3.42. The minimum atomic E-state index is 0.0193. The van der Waals surface area contributed by atoms with Gasteiger partial charge in [-0.2, -0.15) is 0 Å².